The number of benzene rings is 2. The van der Waals surface area contributed by atoms with Gasteiger partial charge in [0.25, 0.3) is 11.8 Å². The predicted octanol–water partition coefficient (Wildman–Crippen LogP) is 3.86. The topological polar surface area (TPSA) is 71.1 Å². The van der Waals surface area contributed by atoms with E-state index >= 15 is 0 Å². The molecule has 3 aromatic rings. The number of aromatic nitrogens is 1. The first-order valence-corrected chi connectivity index (χ1v) is 7.62. The normalized spacial score (nSPS) is 10.2. The van der Waals surface area contributed by atoms with Crippen molar-refractivity contribution < 1.29 is 18.4 Å². The standard InChI is InChI=1S/C19H13F2N3O2/c20-13-5-1-3-7-15(13)23-18(25)12-9-10-22-17(11-12)19(26)24-16-8-4-2-6-14(16)21/h1-11H,(H,23,25)(H,24,26). The third-order valence-corrected chi connectivity index (χ3v) is 3.50. The zero-order valence-electron chi connectivity index (χ0n) is 13.4. The molecule has 0 atom stereocenters. The van der Waals surface area contributed by atoms with E-state index in [9.17, 15) is 18.4 Å². The first kappa shape index (κ1) is 17.2. The summed E-state index contributed by atoms with van der Waals surface area (Å²) in [6, 6.07) is 14.0. The molecule has 0 aliphatic carbocycles. The third kappa shape index (κ3) is 3.89. The van der Waals surface area contributed by atoms with Gasteiger partial charge >= 0.3 is 0 Å². The van der Waals surface area contributed by atoms with Crippen LogP contribution in [0.15, 0.2) is 66.9 Å². The SMILES string of the molecule is O=C(Nc1ccccc1F)c1ccnc(C(=O)Nc2ccccc2F)c1. The summed E-state index contributed by atoms with van der Waals surface area (Å²) in [6.07, 6.45) is 1.27. The zero-order chi connectivity index (χ0) is 18.5. The molecule has 0 aliphatic heterocycles. The highest BCUT2D eigenvalue weighted by atomic mass is 19.1. The number of anilines is 2. The zero-order valence-corrected chi connectivity index (χ0v) is 13.4. The quantitative estimate of drug-likeness (QED) is 0.748. The van der Waals surface area contributed by atoms with Crippen molar-refractivity contribution >= 4 is 23.2 Å². The van der Waals surface area contributed by atoms with Crippen LogP contribution >= 0.6 is 0 Å². The van der Waals surface area contributed by atoms with Crippen molar-refractivity contribution in [1.29, 1.82) is 0 Å². The molecule has 0 fully saturated rings. The molecule has 0 spiro atoms. The molecule has 7 heteroatoms. The maximum atomic E-state index is 13.6. The van der Waals surface area contributed by atoms with Gasteiger partial charge in [-0.2, -0.15) is 0 Å². The Hall–Kier alpha value is -3.61. The number of carbonyl (C=O) groups is 2. The fourth-order valence-electron chi connectivity index (χ4n) is 2.20. The Balaban J connectivity index is 1.77. The van der Waals surface area contributed by atoms with Crippen LogP contribution in [0.1, 0.15) is 20.8 Å². The second kappa shape index (κ2) is 7.52. The van der Waals surface area contributed by atoms with E-state index in [0.29, 0.717) is 0 Å². The number of rotatable bonds is 4. The molecule has 0 aliphatic rings. The highest BCUT2D eigenvalue weighted by Gasteiger charge is 2.14. The molecule has 26 heavy (non-hydrogen) atoms. The smallest absolute Gasteiger partial charge is 0.274 e. The largest absolute Gasteiger partial charge is 0.319 e. The molecular weight excluding hydrogens is 340 g/mol. The van der Waals surface area contributed by atoms with E-state index < -0.39 is 23.4 Å². The minimum absolute atomic E-state index is 0.000473. The van der Waals surface area contributed by atoms with E-state index in [1.165, 1.54) is 54.7 Å². The molecule has 3 rings (SSSR count). The maximum absolute atomic E-state index is 13.6. The number of hydrogen-bond donors (Lipinski definition) is 2. The van der Waals surface area contributed by atoms with Gasteiger partial charge in [0.2, 0.25) is 0 Å². The van der Waals surface area contributed by atoms with Gasteiger partial charge in [0, 0.05) is 11.8 Å². The minimum atomic E-state index is -0.671. The molecule has 0 bridgehead atoms. The Morgan fingerprint density at radius 3 is 1.88 bits per heavy atom. The van der Waals surface area contributed by atoms with Gasteiger partial charge in [-0.3, -0.25) is 14.6 Å². The lowest BCUT2D eigenvalue weighted by molar-refractivity contribution is 0.102. The summed E-state index contributed by atoms with van der Waals surface area (Å²) in [5.74, 6) is -2.44. The summed E-state index contributed by atoms with van der Waals surface area (Å²) in [7, 11) is 0. The van der Waals surface area contributed by atoms with Crippen LogP contribution in [-0.2, 0) is 0 Å². The fraction of sp³-hybridized carbons (Fsp3) is 0. The van der Waals surface area contributed by atoms with E-state index in [4.69, 9.17) is 0 Å². The van der Waals surface area contributed by atoms with Gasteiger partial charge in [-0.05, 0) is 36.4 Å². The maximum Gasteiger partial charge on any atom is 0.274 e. The molecule has 5 nitrogen and oxygen atoms in total. The van der Waals surface area contributed by atoms with Crippen molar-refractivity contribution in [2.45, 2.75) is 0 Å². The summed E-state index contributed by atoms with van der Waals surface area (Å²) < 4.78 is 27.2. The number of carbonyl (C=O) groups excluding carboxylic acids is 2. The number of para-hydroxylation sites is 2. The number of hydrogen-bond acceptors (Lipinski definition) is 3. The van der Waals surface area contributed by atoms with Crippen molar-refractivity contribution in [3.05, 3.63) is 89.8 Å². The fourth-order valence-corrected chi connectivity index (χ4v) is 2.20. The van der Waals surface area contributed by atoms with Gasteiger partial charge in [-0.15, -0.1) is 0 Å². The van der Waals surface area contributed by atoms with E-state index in [1.807, 2.05) is 0 Å². The van der Waals surface area contributed by atoms with Crippen LogP contribution in [0.2, 0.25) is 0 Å². The van der Waals surface area contributed by atoms with E-state index in [1.54, 1.807) is 12.1 Å². The van der Waals surface area contributed by atoms with Crippen molar-refractivity contribution in [3.8, 4) is 0 Å². The number of nitrogens with one attached hydrogen (secondary N) is 2. The van der Waals surface area contributed by atoms with Crippen LogP contribution in [0.4, 0.5) is 20.2 Å². The molecule has 0 saturated carbocycles. The van der Waals surface area contributed by atoms with E-state index in [-0.39, 0.29) is 22.6 Å². The van der Waals surface area contributed by atoms with Crippen LogP contribution < -0.4 is 10.6 Å². The van der Waals surface area contributed by atoms with Gasteiger partial charge in [0.05, 0.1) is 11.4 Å². The summed E-state index contributed by atoms with van der Waals surface area (Å²) in [6.45, 7) is 0. The highest BCUT2D eigenvalue weighted by Crippen LogP contribution is 2.16. The van der Waals surface area contributed by atoms with Crippen LogP contribution in [-0.4, -0.2) is 16.8 Å². The Labute approximate surface area is 147 Å². The lowest BCUT2D eigenvalue weighted by Crippen LogP contribution is -2.17. The second-order valence-corrected chi connectivity index (χ2v) is 5.30. The predicted molar refractivity (Wildman–Crippen MR) is 92.9 cm³/mol. The Morgan fingerprint density at radius 1 is 0.769 bits per heavy atom. The van der Waals surface area contributed by atoms with Gasteiger partial charge in [-0.25, -0.2) is 8.78 Å². The Kier molecular flexibility index (Phi) is 4.98. The van der Waals surface area contributed by atoms with Gasteiger partial charge < -0.3 is 10.6 Å². The molecule has 2 aromatic carbocycles. The van der Waals surface area contributed by atoms with Crippen molar-refractivity contribution in [2.75, 3.05) is 10.6 Å². The number of amides is 2. The molecular formula is C19H13F2N3O2. The monoisotopic (exact) mass is 353 g/mol. The Morgan fingerprint density at radius 2 is 1.31 bits per heavy atom. The van der Waals surface area contributed by atoms with Crippen LogP contribution in [0.3, 0.4) is 0 Å². The molecule has 2 amide bonds. The number of nitrogens with zero attached hydrogens (tertiary/aromatic N) is 1. The van der Waals surface area contributed by atoms with Crippen molar-refractivity contribution in [1.82, 2.24) is 4.98 Å². The van der Waals surface area contributed by atoms with Gasteiger partial charge in [-0.1, -0.05) is 24.3 Å². The van der Waals surface area contributed by atoms with Crippen LogP contribution in [0.25, 0.3) is 0 Å². The molecule has 0 radical (unpaired) electrons. The Bertz CT molecular complexity index is 902. The van der Waals surface area contributed by atoms with E-state index in [0.717, 1.165) is 0 Å². The second-order valence-electron chi connectivity index (χ2n) is 5.30. The summed E-state index contributed by atoms with van der Waals surface area (Å²) in [4.78, 5) is 28.4. The van der Waals surface area contributed by atoms with Gasteiger partial charge in [0.15, 0.2) is 0 Å². The lowest BCUT2D eigenvalue weighted by Gasteiger charge is -2.08. The van der Waals surface area contributed by atoms with Crippen LogP contribution in [0, 0.1) is 11.6 Å². The average Bonchev–Trinajstić information content (AvgIpc) is 2.65. The minimum Gasteiger partial charge on any atom is -0.319 e. The lowest BCUT2D eigenvalue weighted by atomic mass is 10.2. The first-order valence-electron chi connectivity index (χ1n) is 7.62. The molecule has 130 valence electrons. The summed E-state index contributed by atoms with van der Waals surface area (Å²) >= 11 is 0. The molecule has 1 aromatic heterocycles. The molecule has 2 N–H and O–H groups in total. The summed E-state index contributed by atoms with van der Waals surface area (Å²) in [5, 5.41) is 4.80. The first-order chi connectivity index (χ1) is 12.5. The molecule has 0 saturated heterocycles. The third-order valence-electron chi connectivity index (χ3n) is 3.50. The van der Waals surface area contributed by atoms with Crippen molar-refractivity contribution in [3.63, 3.8) is 0 Å². The summed E-state index contributed by atoms with van der Waals surface area (Å²) in [5.41, 5.74) is 0.0588. The highest BCUT2D eigenvalue weighted by molar-refractivity contribution is 6.07. The molecule has 0 unspecified atom stereocenters. The molecule has 1 heterocycles. The number of pyridine rings is 1. The number of halogens is 2. The van der Waals surface area contributed by atoms with E-state index in [2.05, 4.69) is 15.6 Å². The van der Waals surface area contributed by atoms with Crippen molar-refractivity contribution in [2.24, 2.45) is 0 Å². The average molecular weight is 353 g/mol. The van der Waals surface area contributed by atoms with Crippen LogP contribution in [0.5, 0.6) is 0 Å². The van der Waals surface area contributed by atoms with Gasteiger partial charge in [0.1, 0.15) is 17.3 Å².